The van der Waals surface area contributed by atoms with Gasteiger partial charge in [0.15, 0.2) is 12.2 Å². The number of rotatable bonds is 66. The summed E-state index contributed by atoms with van der Waals surface area (Å²) in [7, 11) is -9.89. The van der Waals surface area contributed by atoms with Crippen molar-refractivity contribution in [3.05, 3.63) is 0 Å². The predicted octanol–water partition coefficient (Wildman–Crippen LogP) is 18.8. The first-order valence-electron chi connectivity index (χ1n) is 35.0. The number of esters is 4. The van der Waals surface area contributed by atoms with Crippen LogP contribution in [0.2, 0.25) is 0 Å². The number of phosphoric acid groups is 2. The third kappa shape index (κ3) is 59.7. The summed E-state index contributed by atoms with van der Waals surface area (Å²) in [5.41, 5.74) is 0. The van der Waals surface area contributed by atoms with Crippen LogP contribution in [0.3, 0.4) is 0 Å². The van der Waals surface area contributed by atoms with E-state index in [1.54, 1.807) is 0 Å². The zero-order valence-electron chi connectivity index (χ0n) is 55.6. The SMILES string of the molecule is CCCCCCCCCCCCCCCCC(=O)OC[C@H](COP(=O)(O)OC[C@@H](O)COP(=O)(O)OC[C@@H](COC(=O)CCCCCCC)OC(=O)CCCCCCCCCCCCC(C)C)OC(=O)CCCCCCCCCCCCC(C)CC. The molecule has 86 heavy (non-hydrogen) atoms. The van der Waals surface area contributed by atoms with E-state index in [0.717, 1.165) is 108 Å². The number of ether oxygens (including phenoxy) is 4. The minimum Gasteiger partial charge on any atom is -0.462 e. The van der Waals surface area contributed by atoms with Gasteiger partial charge in [0, 0.05) is 25.7 Å². The second-order valence-corrected chi connectivity index (χ2v) is 27.8. The van der Waals surface area contributed by atoms with E-state index in [1.807, 2.05) is 0 Å². The Morgan fingerprint density at radius 3 is 0.884 bits per heavy atom. The Labute approximate surface area is 524 Å². The van der Waals surface area contributed by atoms with Gasteiger partial charge in [-0.2, -0.15) is 0 Å². The molecule has 0 fully saturated rings. The molecule has 0 saturated heterocycles. The van der Waals surface area contributed by atoms with Gasteiger partial charge in [0.1, 0.15) is 19.3 Å². The number of hydrogen-bond donors (Lipinski definition) is 3. The molecule has 0 spiro atoms. The van der Waals surface area contributed by atoms with Crippen LogP contribution in [0.15, 0.2) is 0 Å². The molecule has 0 aromatic rings. The second kappa shape index (κ2) is 59.4. The fraction of sp³-hybridized carbons (Fsp3) is 0.940. The lowest BCUT2D eigenvalue weighted by Gasteiger charge is -2.21. The Morgan fingerprint density at radius 2 is 0.593 bits per heavy atom. The van der Waals surface area contributed by atoms with Gasteiger partial charge in [0.2, 0.25) is 0 Å². The smallest absolute Gasteiger partial charge is 0.462 e. The average Bonchev–Trinajstić information content (AvgIpc) is 3.59. The van der Waals surface area contributed by atoms with Crippen LogP contribution < -0.4 is 0 Å². The molecule has 17 nitrogen and oxygen atoms in total. The van der Waals surface area contributed by atoms with Crippen LogP contribution in [0.4, 0.5) is 0 Å². The lowest BCUT2D eigenvalue weighted by molar-refractivity contribution is -0.161. The molecule has 3 N–H and O–H groups in total. The minimum atomic E-state index is -4.95. The molecule has 0 bridgehead atoms. The predicted molar refractivity (Wildman–Crippen MR) is 345 cm³/mol. The van der Waals surface area contributed by atoms with Crippen LogP contribution in [0.25, 0.3) is 0 Å². The number of aliphatic hydroxyl groups excluding tert-OH is 1. The molecular formula is C67H130O17P2. The van der Waals surface area contributed by atoms with Crippen molar-refractivity contribution in [3.8, 4) is 0 Å². The Balaban J connectivity index is 5.18. The summed E-state index contributed by atoms with van der Waals surface area (Å²) in [6.45, 7) is 9.45. The van der Waals surface area contributed by atoms with Crippen molar-refractivity contribution < 1.29 is 80.2 Å². The zero-order chi connectivity index (χ0) is 63.6. The highest BCUT2D eigenvalue weighted by atomic mass is 31.2. The van der Waals surface area contributed by atoms with Gasteiger partial charge in [-0.25, -0.2) is 9.13 Å². The fourth-order valence-corrected chi connectivity index (χ4v) is 11.6. The Morgan fingerprint density at radius 1 is 0.337 bits per heavy atom. The quantitative estimate of drug-likeness (QED) is 0.0222. The van der Waals surface area contributed by atoms with E-state index < -0.39 is 97.5 Å². The number of aliphatic hydroxyl groups is 1. The van der Waals surface area contributed by atoms with Crippen molar-refractivity contribution in [2.45, 2.75) is 355 Å². The van der Waals surface area contributed by atoms with E-state index in [0.29, 0.717) is 25.7 Å². The molecule has 0 aliphatic carbocycles. The molecule has 0 radical (unpaired) electrons. The zero-order valence-corrected chi connectivity index (χ0v) is 57.4. The normalized spacial score (nSPS) is 14.5. The largest absolute Gasteiger partial charge is 0.472 e. The molecule has 19 heteroatoms. The number of phosphoric ester groups is 2. The van der Waals surface area contributed by atoms with Crippen LogP contribution in [-0.2, 0) is 65.4 Å². The number of unbranched alkanes of at least 4 members (excludes halogenated alkanes) is 35. The van der Waals surface area contributed by atoms with Crippen LogP contribution in [0, 0.1) is 11.8 Å². The standard InChI is InChI=1S/C67H130O17P2/c1-7-10-12-14-15-16-17-18-19-20-27-32-38-44-50-65(70)78-56-63(84-67(72)52-46-40-34-29-24-22-26-31-37-42-48-60(6)9-3)58-82-86(75,76)80-54-61(68)53-79-85(73,74)81-57-62(55-77-64(69)49-43-35-13-11-8-2)83-66(71)51-45-39-33-28-23-21-25-30-36-41-47-59(4)5/h59-63,68H,7-58H2,1-6H3,(H,73,74)(H,75,76)/t60?,61-,62+,63+/m0/s1. The number of carbonyl (C=O) groups excluding carboxylic acids is 4. The molecule has 0 aliphatic rings. The molecule has 0 amide bonds. The van der Waals surface area contributed by atoms with Gasteiger partial charge in [-0.3, -0.25) is 37.3 Å². The Hall–Kier alpha value is -1.94. The van der Waals surface area contributed by atoms with Gasteiger partial charge < -0.3 is 33.8 Å². The summed E-state index contributed by atoms with van der Waals surface area (Å²) in [4.78, 5) is 72.2. The first-order chi connectivity index (χ1) is 41.4. The molecule has 0 saturated carbocycles. The summed E-state index contributed by atoms with van der Waals surface area (Å²) < 4.78 is 68.0. The highest BCUT2D eigenvalue weighted by Crippen LogP contribution is 2.45. The first-order valence-corrected chi connectivity index (χ1v) is 38.0. The van der Waals surface area contributed by atoms with Crippen molar-refractivity contribution in [2.24, 2.45) is 11.8 Å². The maximum Gasteiger partial charge on any atom is 0.472 e. The summed E-state index contributed by atoms with van der Waals surface area (Å²) in [6, 6.07) is 0. The Bertz CT molecular complexity index is 1690. The van der Waals surface area contributed by atoms with Gasteiger partial charge in [0.05, 0.1) is 26.4 Å². The van der Waals surface area contributed by atoms with Crippen molar-refractivity contribution >= 4 is 39.5 Å². The molecule has 6 atom stereocenters. The summed E-state index contributed by atoms with van der Waals surface area (Å²) in [5.74, 6) is -0.583. The van der Waals surface area contributed by atoms with Crippen LogP contribution >= 0.6 is 15.6 Å². The maximum absolute atomic E-state index is 13.0. The van der Waals surface area contributed by atoms with Crippen LogP contribution in [-0.4, -0.2) is 96.7 Å². The fourth-order valence-electron chi connectivity index (χ4n) is 10.0. The van der Waals surface area contributed by atoms with Gasteiger partial charge in [-0.05, 0) is 37.5 Å². The van der Waals surface area contributed by atoms with Gasteiger partial charge in [0.25, 0.3) is 0 Å². The van der Waals surface area contributed by atoms with Crippen LogP contribution in [0.1, 0.15) is 337 Å². The van der Waals surface area contributed by atoms with Crippen LogP contribution in [0.5, 0.6) is 0 Å². The average molecular weight is 1270 g/mol. The highest BCUT2D eigenvalue weighted by molar-refractivity contribution is 7.47. The number of hydrogen-bond acceptors (Lipinski definition) is 15. The number of carbonyl (C=O) groups is 4. The molecule has 3 unspecified atom stereocenters. The molecule has 0 aromatic heterocycles. The van der Waals surface area contributed by atoms with E-state index in [-0.39, 0.29) is 25.7 Å². The third-order valence-corrected chi connectivity index (χ3v) is 17.7. The maximum atomic E-state index is 13.0. The van der Waals surface area contributed by atoms with Crippen molar-refractivity contribution in [1.82, 2.24) is 0 Å². The topological polar surface area (TPSA) is 237 Å². The molecule has 0 heterocycles. The molecule has 0 aliphatic heterocycles. The lowest BCUT2D eigenvalue weighted by Crippen LogP contribution is -2.30. The first kappa shape index (κ1) is 84.1. The van der Waals surface area contributed by atoms with Gasteiger partial charge in [-0.15, -0.1) is 0 Å². The summed E-state index contributed by atoms with van der Waals surface area (Å²) >= 11 is 0. The van der Waals surface area contributed by atoms with E-state index in [1.165, 1.54) is 148 Å². The minimum absolute atomic E-state index is 0.105. The van der Waals surface area contributed by atoms with Gasteiger partial charge in [-0.1, -0.05) is 286 Å². The Kier molecular flexibility index (Phi) is 58.0. The van der Waals surface area contributed by atoms with Gasteiger partial charge >= 0.3 is 39.5 Å². The molecule has 0 aromatic carbocycles. The van der Waals surface area contributed by atoms with E-state index in [9.17, 15) is 43.2 Å². The van der Waals surface area contributed by atoms with E-state index in [4.69, 9.17) is 37.0 Å². The summed E-state index contributed by atoms with van der Waals surface area (Å²) in [6.07, 6.45) is 43.3. The van der Waals surface area contributed by atoms with Crippen molar-refractivity contribution in [3.63, 3.8) is 0 Å². The molecular weight excluding hydrogens is 1140 g/mol. The van der Waals surface area contributed by atoms with E-state index in [2.05, 4.69) is 41.5 Å². The highest BCUT2D eigenvalue weighted by Gasteiger charge is 2.30. The monoisotopic (exact) mass is 1270 g/mol. The third-order valence-electron chi connectivity index (χ3n) is 15.8. The lowest BCUT2D eigenvalue weighted by atomic mass is 9.99. The molecule has 0 rings (SSSR count). The molecule has 510 valence electrons. The van der Waals surface area contributed by atoms with Crippen molar-refractivity contribution in [1.29, 1.82) is 0 Å². The second-order valence-electron chi connectivity index (χ2n) is 24.9. The van der Waals surface area contributed by atoms with Crippen molar-refractivity contribution in [2.75, 3.05) is 39.6 Å². The summed E-state index contributed by atoms with van der Waals surface area (Å²) in [5, 5.41) is 10.5. The van der Waals surface area contributed by atoms with E-state index >= 15 is 0 Å².